The summed E-state index contributed by atoms with van der Waals surface area (Å²) in [4.78, 5) is 18.7. The number of carbonyl (C=O) groups is 1. The number of hydrogen-bond acceptors (Lipinski definition) is 4. The highest BCUT2D eigenvalue weighted by Gasteiger charge is 2.33. The lowest BCUT2D eigenvalue weighted by atomic mass is 9.83. The molecular formula is C19H22N2O3. The Morgan fingerprint density at radius 3 is 2.62 bits per heavy atom. The van der Waals surface area contributed by atoms with Gasteiger partial charge in [-0.2, -0.15) is 0 Å². The Morgan fingerprint density at radius 1 is 1.17 bits per heavy atom. The Labute approximate surface area is 142 Å². The number of ether oxygens (including phenoxy) is 2. The summed E-state index contributed by atoms with van der Waals surface area (Å²) in [5.41, 5.74) is 1.46. The van der Waals surface area contributed by atoms with E-state index in [9.17, 15) is 4.79 Å². The number of nitrogens with zero attached hydrogens (tertiary/aromatic N) is 2. The molecule has 0 aliphatic carbocycles. The van der Waals surface area contributed by atoms with Gasteiger partial charge in [0.05, 0.1) is 5.41 Å². The first-order chi connectivity index (χ1) is 11.5. The van der Waals surface area contributed by atoms with Crippen molar-refractivity contribution in [1.29, 1.82) is 0 Å². The molecule has 1 aliphatic heterocycles. The first-order valence-corrected chi connectivity index (χ1v) is 8.03. The normalized spacial score (nSPS) is 13.0. The van der Waals surface area contributed by atoms with E-state index in [0.29, 0.717) is 12.3 Å². The molecule has 0 N–H and O–H groups in total. The quantitative estimate of drug-likeness (QED) is 0.848. The van der Waals surface area contributed by atoms with Crippen LogP contribution in [0.1, 0.15) is 25.0 Å². The Balaban J connectivity index is 1.70. The van der Waals surface area contributed by atoms with Crippen molar-refractivity contribution >= 4 is 5.91 Å². The average molecular weight is 326 g/mol. The van der Waals surface area contributed by atoms with Gasteiger partial charge in [0.25, 0.3) is 0 Å². The lowest BCUT2D eigenvalue weighted by Gasteiger charge is -2.30. The zero-order chi connectivity index (χ0) is 17.2. The summed E-state index contributed by atoms with van der Waals surface area (Å²) < 4.78 is 10.8. The summed E-state index contributed by atoms with van der Waals surface area (Å²) in [6.07, 6.45) is 4.35. The number of benzene rings is 1. The zero-order valence-corrected chi connectivity index (χ0v) is 14.3. The summed E-state index contributed by atoms with van der Waals surface area (Å²) in [6, 6.07) is 9.64. The van der Waals surface area contributed by atoms with E-state index in [1.165, 1.54) is 5.56 Å². The molecule has 126 valence electrons. The lowest BCUT2D eigenvalue weighted by molar-refractivity contribution is -0.134. The molecule has 1 amide bonds. The van der Waals surface area contributed by atoms with Crippen LogP contribution in [-0.2, 0) is 16.6 Å². The van der Waals surface area contributed by atoms with Crippen molar-refractivity contribution in [2.24, 2.45) is 0 Å². The highest BCUT2D eigenvalue weighted by molar-refractivity contribution is 5.87. The van der Waals surface area contributed by atoms with Crippen LogP contribution in [0.3, 0.4) is 0 Å². The summed E-state index contributed by atoms with van der Waals surface area (Å²) in [5.74, 6) is 1.51. The molecule has 3 rings (SSSR count). The van der Waals surface area contributed by atoms with Gasteiger partial charge in [0.15, 0.2) is 11.5 Å². The van der Waals surface area contributed by atoms with Crippen molar-refractivity contribution in [2.45, 2.75) is 25.7 Å². The predicted molar refractivity (Wildman–Crippen MR) is 91.2 cm³/mol. The Hall–Kier alpha value is -2.56. The van der Waals surface area contributed by atoms with Crippen molar-refractivity contribution in [1.82, 2.24) is 9.88 Å². The first kappa shape index (κ1) is 16.3. The van der Waals surface area contributed by atoms with E-state index in [4.69, 9.17) is 9.47 Å². The van der Waals surface area contributed by atoms with Crippen LogP contribution >= 0.6 is 0 Å². The minimum atomic E-state index is -0.631. The molecule has 5 nitrogen and oxygen atoms in total. The number of aromatic nitrogens is 1. The van der Waals surface area contributed by atoms with Gasteiger partial charge in [-0.3, -0.25) is 9.78 Å². The summed E-state index contributed by atoms with van der Waals surface area (Å²) in [6.45, 7) is 4.78. The van der Waals surface area contributed by atoms with E-state index in [2.05, 4.69) is 4.98 Å². The number of pyridine rings is 1. The van der Waals surface area contributed by atoms with Crippen LogP contribution in [0.25, 0.3) is 0 Å². The van der Waals surface area contributed by atoms with Gasteiger partial charge >= 0.3 is 0 Å². The molecule has 0 saturated heterocycles. The Bertz CT molecular complexity index is 729. The number of hydrogen-bond donors (Lipinski definition) is 0. The van der Waals surface area contributed by atoms with Gasteiger partial charge in [-0.1, -0.05) is 6.07 Å². The molecule has 0 atom stereocenters. The number of fused-ring (bicyclic) bond motifs is 1. The number of amides is 1. The molecule has 5 heteroatoms. The molecule has 0 spiro atoms. The standard InChI is InChI=1S/C19H22N2O3/c1-19(2,15-4-5-16-17(12-15)24-13-23-16)18(22)21(3)11-8-14-6-9-20-10-7-14/h4-7,9-10,12H,8,11,13H2,1-3H3. The fourth-order valence-electron chi connectivity index (χ4n) is 2.83. The maximum Gasteiger partial charge on any atom is 0.232 e. The smallest absolute Gasteiger partial charge is 0.232 e. The Kier molecular flexibility index (Phi) is 4.42. The maximum atomic E-state index is 12.9. The zero-order valence-electron chi connectivity index (χ0n) is 14.3. The summed E-state index contributed by atoms with van der Waals surface area (Å²) in [7, 11) is 1.85. The van der Waals surface area contributed by atoms with Gasteiger partial charge in [-0.05, 0) is 55.7 Å². The molecule has 2 heterocycles. The van der Waals surface area contributed by atoms with E-state index in [0.717, 1.165) is 17.7 Å². The summed E-state index contributed by atoms with van der Waals surface area (Å²) >= 11 is 0. The molecule has 0 saturated carbocycles. The third kappa shape index (κ3) is 3.20. The van der Waals surface area contributed by atoms with E-state index >= 15 is 0 Å². The fraction of sp³-hybridized carbons (Fsp3) is 0.368. The van der Waals surface area contributed by atoms with Crippen LogP contribution in [0, 0.1) is 0 Å². The second-order valence-electron chi connectivity index (χ2n) is 6.53. The van der Waals surface area contributed by atoms with E-state index in [1.807, 2.05) is 51.2 Å². The third-order valence-electron chi connectivity index (χ3n) is 4.46. The van der Waals surface area contributed by atoms with Gasteiger partial charge in [-0.25, -0.2) is 0 Å². The molecule has 0 unspecified atom stereocenters. The van der Waals surface area contributed by atoms with Crippen molar-refractivity contribution in [3.8, 4) is 11.5 Å². The van der Waals surface area contributed by atoms with Crippen molar-refractivity contribution in [2.75, 3.05) is 20.4 Å². The highest BCUT2D eigenvalue weighted by atomic mass is 16.7. The molecular weight excluding hydrogens is 304 g/mol. The van der Waals surface area contributed by atoms with Crippen LogP contribution in [0.15, 0.2) is 42.7 Å². The van der Waals surface area contributed by atoms with E-state index in [-0.39, 0.29) is 12.7 Å². The molecule has 1 aromatic heterocycles. The molecule has 1 aliphatic rings. The number of rotatable bonds is 5. The van der Waals surface area contributed by atoms with Crippen molar-refractivity contribution in [3.05, 3.63) is 53.9 Å². The van der Waals surface area contributed by atoms with Crippen LogP contribution in [-0.4, -0.2) is 36.2 Å². The van der Waals surface area contributed by atoms with E-state index < -0.39 is 5.41 Å². The Morgan fingerprint density at radius 2 is 1.88 bits per heavy atom. The molecule has 1 aromatic carbocycles. The molecule has 2 aromatic rings. The minimum Gasteiger partial charge on any atom is -0.454 e. The minimum absolute atomic E-state index is 0.0791. The van der Waals surface area contributed by atoms with Crippen LogP contribution < -0.4 is 9.47 Å². The topological polar surface area (TPSA) is 51.7 Å². The monoisotopic (exact) mass is 326 g/mol. The van der Waals surface area contributed by atoms with Gasteiger partial charge in [0.1, 0.15) is 0 Å². The van der Waals surface area contributed by atoms with Gasteiger partial charge in [0, 0.05) is 26.0 Å². The van der Waals surface area contributed by atoms with Crippen LogP contribution in [0.5, 0.6) is 11.5 Å². The maximum absolute atomic E-state index is 12.9. The average Bonchev–Trinajstić information content (AvgIpc) is 3.07. The van der Waals surface area contributed by atoms with Crippen molar-refractivity contribution < 1.29 is 14.3 Å². The molecule has 0 bridgehead atoms. The largest absolute Gasteiger partial charge is 0.454 e. The molecule has 0 fully saturated rings. The first-order valence-electron chi connectivity index (χ1n) is 8.03. The molecule has 24 heavy (non-hydrogen) atoms. The van der Waals surface area contributed by atoms with Crippen LogP contribution in [0.4, 0.5) is 0 Å². The summed E-state index contributed by atoms with van der Waals surface area (Å²) in [5, 5.41) is 0. The number of carbonyl (C=O) groups excluding carboxylic acids is 1. The molecule has 0 radical (unpaired) electrons. The lowest BCUT2D eigenvalue weighted by Crippen LogP contribution is -2.42. The van der Waals surface area contributed by atoms with Crippen LogP contribution in [0.2, 0.25) is 0 Å². The second kappa shape index (κ2) is 6.51. The third-order valence-corrected chi connectivity index (χ3v) is 4.46. The van der Waals surface area contributed by atoms with E-state index in [1.54, 1.807) is 17.3 Å². The second-order valence-corrected chi connectivity index (χ2v) is 6.53. The SMILES string of the molecule is CN(CCc1ccncc1)C(=O)C(C)(C)c1ccc2c(c1)OCO2. The van der Waals surface area contributed by atoms with Gasteiger partial charge in [-0.15, -0.1) is 0 Å². The van der Waals surface area contributed by atoms with Gasteiger partial charge in [0.2, 0.25) is 12.7 Å². The van der Waals surface area contributed by atoms with Gasteiger partial charge < -0.3 is 14.4 Å². The number of likely N-dealkylation sites (N-methyl/N-ethyl adjacent to an activating group) is 1. The predicted octanol–water partition coefficient (Wildman–Crippen LogP) is 2.79. The van der Waals surface area contributed by atoms with Crippen molar-refractivity contribution in [3.63, 3.8) is 0 Å². The fourth-order valence-corrected chi connectivity index (χ4v) is 2.83. The highest BCUT2D eigenvalue weighted by Crippen LogP contribution is 2.37.